The van der Waals surface area contributed by atoms with Crippen molar-refractivity contribution in [2.24, 2.45) is 0 Å². The highest BCUT2D eigenvalue weighted by Gasteiger charge is 2.35. The Morgan fingerprint density at radius 1 is 1.32 bits per heavy atom. The molecule has 2 aliphatic rings. The number of carbonyl (C=O) groups excluding carboxylic acids is 1. The minimum atomic E-state index is -2.48. The Hall–Kier alpha value is -3.44. The number of anilines is 2. The molecule has 0 aromatic carbocycles. The van der Waals surface area contributed by atoms with Gasteiger partial charge in [-0.3, -0.25) is 14.4 Å². The number of nitrogens with zero attached hydrogens (tertiary/aromatic N) is 5. The molecule has 2 N–H and O–H groups in total. The highest BCUT2D eigenvalue weighted by molar-refractivity contribution is 8.00. The van der Waals surface area contributed by atoms with Crippen molar-refractivity contribution in [3.63, 3.8) is 0 Å². The third-order valence-corrected chi connectivity index (χ3v) is 7.46. The van der Waals surface area contributed by atoms with E-state index < -0.39 is 9.71 Å². The van der Waals surface area contributed by atoms with Crippen LogP contribution in [0.3, 0.4) is 0 Å². The highest BCUT2D eigenvalue weighted by atomic mass is 32.2. The van der Waals surface area contributed by atoms with Crippen molar-refractivity contribution in [3.05, 3.63) is 65.0 Å². The summed E-state index contributed by atoms with van der Waals surface area (Å²) < 4.78 is 20.0. The molecule has 0 radical (unpaired) electrons. The summed E-state index contributed by atoms with van der Waals surface area (Å²) in [4.78, 5) is 31.1. The van der Waals surface area contributed by atoms with Gasteiger partial charge in [0, 0.05) is 76.9 Å². The van der Waals surface area contributed by atoms with Gasteiger partial charge in [-0.25, -0.2) is 19.2 Å². The predicted octanol–water partition coefficient (Wildman–Crippen LogP) is 3.42. The third kappa shape index (κ3) is 6.70. The fourth-order valence-electron chi connectivity index (χ4n) is 4.97. The van der Waals surface area contributed by atoms with Crippen LogP contribution in [-0.2, 0) is 27.5 Å². The zero-order valence-corrected chi connectivity index (χ0v) is 23.5. The van der Waals surface area contributed by atoms with E-state index in [2.05, 4.69) is 37.7 Å². The van der Waals surface area contributed by atoms with E-state index in [1.165, 1.54) is 6.26 Å². The first kappa shape index (κ1) is 27.6. The number of methoxy groups -OCH3 is 1. The summed E-state index contributed by atoms with van der Waals surface area (Å²) in [5.74, 6) is 5.28. The molecule has 2 aromatic heterocycles. The molecule has 0 saturated carbocycles. The first-order chi connectivity index (χ1) is 18.1. The molecule has 2 aliphatic heterocycles. The monoisotopic (exact) mass is 539 g/mol. The van der Waals surface area contributed by atoms with Crippen LogP contribution in [-0.4, -0.2) is 72.7 Å². The Bertz CT molecular complexity index is 1360. The molecule has 4 rings (SSSR count). The number of pyridine rings is 1. The van der Waals surface area contributed by atoms with Gasteiger partial charge in [0.25, 0.3) is 5.91 Å². The summed E-state index contributed by atoms with van der Waals surface area (Å²) in [5.41, 5.74) is 3.60. The molecule has 0 spiro atoms. The molecule has 3 atom stereocenters. The van der Waals surface area contributed by atoms with Crippen LogP contribution in [0.4, 0.5) is 11.8 Å². The van der Waals surface area contributed by atoms with Gasteiger partial charge in [0.15, 0.2) is 0 Å². The van der Waals surface area contributed by atoms with Gasteiger partial charge in [0.1, 0.15) is 11.6 Å². The van der Waals surface area contributed by atoms with Crippen molar-refractivity contribution >= 4 is 33.3 Å². The molecule has 4 heterocycles. The maximum atomic E-state index is 13.3. The van der Waals surface area contributed by atoms with E-state index in [4.69, 9.17) is 9.72 Å². The Morgan fingerprint density at radius 2 is 2.11 bits per heavy atom. The lowest BCUT2D eigenvalue weighted by Gasteiger charge is -2.41. The van der Waals surface area contributed by atoms with Gasteiger partial charge in [0.2, 0.25) is 5.95 Å². The molecule has 11 heteroatoms. The summed E-state index contributed by atoms with van der Waals surface area (Å²) in [7, 11) is -0.835. The van der Waals surface area contributed by atoms with Gasteiger partial charge < -0.3 is 15.0 Å². The number of hydrogen-bond acceptors (Lipinski definition) is 8. The number of rotatable bonds is 8. The van der Waals surface area contributed by atoms with E-state index in [9.17, 15) is 9.00 Å². The maximum Gasteiger partial charge on any atom is 0.254 e. The number of piperidine rings is 1. The van der Waals surface area contributed by atoms with E-state index in [1.807, 2.05) is 37.1 Å². The van der Waals surface area contributed by atoms with E-state index in [-0.39, 0.29) is 11.9 Å². The van der Waals surface area contributed by atoms with Crippen LogP contribution in [0.5, 0.6) is 0 Å². The van der Waals surface area contributed by atoms with Crippen LogP contribution < -0.4 is 10.0 Å². The number of allylic oxidation sites excluding steroid dienone is 3. The van der Waals surface area contributed by atoms with Gasteiger partial charge in [-0.15, -0.1) is 0 Å². The largest absolute Gasteiger partial charge is 0.497 e. The van der Waals surface area contributed by atoms with Crippen molar-refractivity contribution in [2.75, 3.05) is 29.9 Å². The van der Waals surface area contributed by atoms with Crippen LogP contribution in [0.2, 0.25) is 0 Å². The van der Waals surface area contributed by atoms with Crippen LogP contribution in [0.25, 0.3) is 0 Å². The third-order valence-electron chi connectivity index (χ3n) is 6.82. The molecule has 204 valence electrons. The lowest BCUT2D eigenvalue weighted by Crippen LogP contribution is -2.50. The number of carbonyl (C=O) groups is 1. The average molecular weight is 540 g/mol. The minimum Gasteiger partial charge on any atom is -0.497 e. The van der Waals surface area contributed by atoms with Gasteiger partial charge in [-0.2, -0.15) is 0 Å². The lowest BCUT2D eigenvalue weighted by molar-refractivity contribution is 0.0460. The number of aromatic nitrogens is 3. The van der Waals surface area contributed by atoms with Crippen LogP contribution in [0.1, 0.15) is 55.2 Å². The Labute approximate surface area is 225 Å². The highest BCUT2D eigenvalue weighted by Crippen LogP contribution is 2.30. The number of fused-ring (bicyclic) bond motifs is 1. The standard InChI is InChI=1S/C27H37N7O3S/c1-7-23(37-4)12-18(2)30-27-29-15-21-16-33(17-24(21)31-27)22-9-11-34(19(3)13-22)26(35)20-8-10-28-25(14-20)32-38(5,6)36/h7-8,10,12,14-15,19,22H,5,9,11,13,16-17H2,1-4,6H3,(H,28,32,36)(H,29,30,31)/b18-12+,23-7+/t19-,22-,38?/m1/s1. The Balaban J connectivity index is 1.37. The van der Waals surface area contributed by atoms with Crippen LogP contribution in [0, 0.1) is 0 Å². The van der Waals surface area contributed by atoms with E-state index in [0.29, 0.717) is 29.9 Å². The topological polar surface area (TPSA) is 113 Å². The molecule has 2 aromatic rings. The van der Waals surface area contributed by atoms with Crippen LogP contribution in [0.15, 0.2) is 48.1 Å². The normalized spacial score (nSPS) is 22.0. The van der Waals surface area contributed by atoms with Gasteiger partial charge >= 0.3 is 0 Å². The SMILES string of the molecule is C=S(C)(=O)Nc1cc(C(=O)N2CC[C@@H](N3Cc4cnc(N/C(C)=C/C(=C\C)OC)nc4C3)C[C@H]2C)ccn1. The number of amides is 1. The number of nitrogens with one attached hydrogen (secondary N) is 2. The average Bonchev–Trinajstić information content (AvgIpc) is 3.29. The molecule has 10 nitrogen and oxygen atoms in total. The smallest absolute Gasteiger partial charge is 0.254 e. The maximum absolute atomic E-state index is 13.3. The number of ether oxygens (including phenoxy) is 1. The second kappa shape index (κ2) is 11.5. The fourth-order valence-corrected chi connectivity index (χ4v) is 5.52. The zero-order valence-electron chi connectivity index (χ0n) is 22.7. The number of likely N-dealkylation sites (tertiary alicyclic amines) is 1. The first-order valence-corrected chi connectivity index (χ1v) is 14.8. The van der Waals surface area contributed by atoms with Gasteiger partial charge in [0.05, 0.1) is 12.8 Å². The molecular weight excluding hydrogens is 502 g/mol. The second-order valence-corrected chi connectivity index (χ2v) is 12.2. The zero-order chi connectivity index (χ0) is 27.4. The minimum absolute atomic E-state index is 0.0441. The summed E-state index contributed by atoms with van der Waals surface area (Å²) in [5, 5.41) is 3.25. The quantitative estimate of drug-likeness (QED) is 0.298. The molecule has 1 fully saturated rings. The molecule has 0 bridgehead atoms. The summed E-state index contributed by atoms with van der Waals surface area (Å²) >= 11 is 0. The molecule has 38 heavy (non-hydrogen) atoms. The van der Waals surface area contributed by atoms with Gasteiger partial charge in [-0.05, 0) is 63.8 Å². The van der Waals surface area contributed by atoms with Crippen molar-refractivity contribution in [1.29, 1.82) is 0 Å². The van der Waals surface area contributed by atoms with Crippen molar-refractivity contribution in [2.45, 2.75) is 58.8 Å². The molecule has 1 unspecified atom stereocenters. The van der Waals surface area contributed by atoms with Crippen molar-refractivity contribution in [1.82, 2.24) is 24.8 Å². The van der Waals surface area contributed by atoms with Crippen molar-refractivity contribution in [3.8, 4) is 0 Å². The van der Waals surface area contributed by atoms with E-state index in [1.54, 1.807) is 25.4 Å². The van der Waals surface area contributed by atoms with Crippen molar-refractivity contribution < 1.29 is 13.7 Å². The summed E-state index contributed by atoms with van der Waals surface area (Å²) in [6.07, 6.45) is 10.5. The van der Waals surface area contributed by atoms with Gasteiger partial charge in [-0.1, -0.05) is 0 Å². The second-order valence-electron chi connectivity index (χ2n) is 9.98. The van der Waals surface area contributed by atoms with E-state index >= 15 is 0 Å². The Kier molecular flexibility index (Phi) is 8.37. The number of hydrogen-bond donors (Lipinski definition) is 2. The Morgan fingerprint density at radius 3 is 2.79 bits per heavy atom. The predicted molar refractivity (Wildman–Crippen MR) is 152 cm³/mol. The molecule has 0 aliphatic carbocycles. The summed E-state index contributed by atoms with van der Waals surface area (Å²) in [6.45, 7) is 8.21. The first-order valence-electron chi connectivity index (χ1n) is 12.7. The molecular formula is C27H37N7O3S. The fraction of sp³-hybridized carbons (Fsp3) is 0.444. The summed E-state index contributed by atoms with van der Waals surface area (Å²) in [6, 6.07) is 3.77. The molecule has 1 saturated heterocycles. The van der Waals surface area contributed by atoms with Crippen LogP contribution >= 0.6 is 0 Å². The molecule has 1 amide bonds. The van der Waals surface area contributed by atoms with E-state index in [0.717, 1.165) is 48.6 Å². The lowest BCUT2D eigenvalue weighted by atomic mass is 9.96.